The number of amides is 2. The van der Waals surface area contributed by atoms with E-state index in [0.717, 1.165) is 35.6 Å². The third kappa shape index (κ3) is 6.44. The number of carbonyl (C=O) groups excluding carboxylic acids is 2. The second kappa shape index (κ2) is 11.6. The van der Waals surface area contributed by atoms with Crippen LogP contribution < -0.4 is 4.90 Å². The van der Waals surface area contributed by atoms with E-state index >= 15 is 0 Å². The first-order chi connectivity index (χ1) is 17.0. The van der Waals surface area contributed by atoms with Crippen molar-refractivity contribution >= 4 is 17.6 Å². The molecule has 0 atom stereocenters. The van der Waals surface area contributed by atoms with E-state index < -0.39 is 0 Å². The summed E-state index contributed by atoms with van der Waals surface area (Å²) in [6.45, 7) is 7.03. The first-order valence-electron chi connectivity index (χ1n) is 12.3. The zero-order valence-corrected chi connectivity index (χ0v) is 20.5. The number of nitrogens with zero attached hydrogens (tertiary/aromatic N) is 5. The molecule has 2 heterocycles. The second-order valence-electron chi connectivity index (χ2n) is 9.20. The second-order valence-corrected chi connectivity index (χ2v) is 9.20. The predicted octanol–water partition coefficient (Wildman–Crippen LogP) is 3.87. The quantitative estimate of drug-likeness (QED) is 0.523. The zero-order chi connectivity index (χ0) is 24.6. The van der Waals surface area contributed by atoms with Gasteiger partial charge in [-0.1, -0.05) is 74.5 Å². The molecule has 1 saturated heterocycles. The van der Waals surface area contributed by atoms with E-state index in [-0.39, 0.29) is 24.3 Å². The molecule has 1 fully saturated rings. The number of hydrogen-bond donors (Lipinski definition) is 0. The average Bonchev–Trinajstić information content (AvgIpc) is 3.15. The highest BCUT2D eigenvalue weighted by Gasteiger charge is 2.25. The van der Waals surface area contributed by atoms with Crippen LogP contribution in [0.15, 0.2) is 72.8 Å². The monoisotopic (exact) mass is 471 g/mol. The summed E-state index contributed by atoms with van der Waals surface area (Å²) in [5, 5.41) is 8.86. The first-order valence-corrected chi connectivity index (χ1v) is 12.3. The van der Waals surface area contributed by atoms with E-state index in [9.17, 15) is 9.59 Å². The summed E-state index contributed by atoms with van der Waals surface area (Å²) in [7, 11) is 0. The molecule has 0 unspecified atom stereocenters. The van der Waals surface area contributed by atoms with E-state index in [0.29, 0.717) is 26.2 Å². The largest absolute Gasteiger partial charge is 0.353 e. The average molecular weight is 472 g/mol. The lowest BCUT2D eigenvalue weighted by atomic mass is 10.1. The molecule has 1 aromatic heterocycles. The van der Waals surface area contributed by atoms with Crippen molar-refractivity contribution in [3.05, 3.63) is 78.4 Å². The van der Waals surface area contributed by atoms with Crippen LogP contribution in [0.4, 0.5) is 5.82 Å². The predicted molar refractivity (Wildman–Crippen MR) is 138 cm³/mol. The Morgan fingerprint density at radius 1 is 0.857 bits per heavy atom. The molecule has 0 bridgehead atoms. The Hall–Kier alpha value is -3.74. The molecule has 0 saturated carbocycles. The number of hydrogen-bond acceptors (Lipinski definition) is 5. The van der Waals surface area contributed by atoms with Gasteiger partial charge in [0.15, 0.2) is 5.82 Å². The number of carbonyl (C=O) groups is 2. The maximum absolute atomic E-state index is 13.2. The van der Waals surface area contributed by atoms with Crippen molar-refractivity contribution in [1.29, 1.82) is 0 Å². The van der Waals surface area contributed by atoms with Crippen LogP contribution in [-0.2, 0) is 16.1 Å². The number of benzene rings is 2. The Labute approximate surface area is 207 Å². The fourth-order valence-electron chi connectivity index (χ4n) is 4.30. The molecular weight excluding hydrogens is 438 g/mol. The number of rotatable bonds is 7. The normalized spacial score (nSPS) is 14.0. The molecule has 1 aliphatic rings. The fraction of sp³-hybridized carbons (Fsp3) is 0.357. The van der Waals surface area contributed by atoms with Crippen LogP contribution in [0.1, 0.15) is 25.8 Å². The van der Waals surface area contributed by atoms with Gasteiger partial charge in [-0.25, -0.2) is 0 Å². The molecule has 4 rings (SSSR count). The topological polar surface area (TPSA) is 69.6 Å². The van der Waals surface area contributed by atoms with Gasteiger partial charge in [-0.15, -0.1) is 10.2 Å². The molecule has 35 heavy (non-hydrogen) atoms. The molecule has 182 valence electrons. The Morgan fingerprint density at radius 2 is 1.57 bits per heavy atom. The van der Waals surface area contributed by atoms with Gasteiger partial charge < -0.3 is 14.7 Å². The minimum absolute atomic E-state index is 0.00701. The van der Waals surface area contributed by atoms with E-state index in [4.69, 9.17) is 0 Å². The van der Waals surface area contributed by atoms with Gasteiger partial charge >= 0.3 is 0 Å². The maximum atomic E-state index is 13.2. The van der Waals surface area contributed by atoms with Crippen LogP contribution >= 0.6 is 0 Å². The van der Waals surface area contributed by atoms with Crippen LogP contribution in [0.3, 0.4) is 0 Å². The van der Waals surface area contributed by atoms with Gasteiger partial charge in [-0.3, -0.25) is 9.59 Å². The maximum Gasteiger partial charge on any atom is 0.242 e. The molecule has 7 nitrogen and oxygen atoms in total. The summed E-state index contributed by atoms with van der Waals surface area (Å²) < 4.78 is 0. The lowest BCUT2D eigenvalue weighted by Crippen LogP contribution is -2.45. The van der Waals surface area contributed by atoms with E-state index in [2.05, 4.69) is 15.1 Å². The van der Waals surface area contributed by atoms with Gasteiger partial charge in [-0.05, 0) is 24.1 Å². The van der Waals surface area contributed by atoms with Gasteiger partial charge in [0.2, 0.25) is 11.8 Å². The number of aromatic nitrogens is 2. The summed E-state index contributed by atoms with van der Waals surface area (Å²) in [6.07, 6.45) is 0.838. The Balaban J connectivity index is 1.37. The van der Waals surface area contributed by atoms with Crippen molar-refractivity contribution in [2.45, 2.75) is 26.8 Å². The van der Waals surface area contributed by atoms with Crippen molar-refractivity contribution < 1.29 is 9.59 Å². The van der Waals surface area contributed by atoms with Crippen LogP contribution in [-0.4, -0.2) is 64.5 Å². The first kappa shape index (κ1) is 24.4. The highest BCUT2D eigenvalue weighted by Crippen LogP contribution is 2.19. The van der Waals surface area contributed by atoms with E-state index in [1.807, 2.05) is 91.5 Å². The molecule has 0 aliphatic carbocycles. The van der Waals surface area contributed by atoms with Gasteiger partial charge in [0.1, 0.15) is 6.54 Å². The van der Waals surface area contributed by atoms with Gasteiger partial charge in [-0.2, -0.15) is 0 Å². The van der Waals surface area contributed by atoms with Crippen LogP contribution in [0.25, 0.3) is 11.3 Å². The molecule has 0 radical (unpaired) electrons. The molecule has 2 amide bonds. The van der Waals surface area contributed by atoms with Crippen LogP contribution in [0.5, 0.6) is 0 Å². The Morgan fingerprint density at radius 3 is 2.23 bits per heavy atom. The Bertz CT molecular complexity index is 1100. The van der Waals surface area contributed by atoms with Crippen molar-refractivity contribution in [2.24, 2.45) is 5.92 Å². The fourth-order valence-corrected chi connectivity index (χ4v) is 4.30. The Kier molecular flexibility index (Phi) is 8.08. The SMILES string of the molecule is CC(C)C(=O)N(CC(=O)N1CCCN(c2ccc(-c3ccccc3)nn2)CC1)Cc1ccccc1. The minimum atomic E-state index is -0.163. The van der Waals surface area contributed by atoms with Crippen molar-refractivity contribution in [3.8, 4) is 11.3 Å². The third-order valence-corrected chi connectivity index (χ3v) is 6.24. The van der Waals surface area contributed by atoms with Crippen molar-refractivity contribution in [1.82, 2.24) is 20.0 Å². The molecule has 2 aromatic carbocycles. The number of anilines is 1. The summed E-state index contributed by atoms with van der Waals surface area (Å²) >= 11 is 0. The van der Waals surface area contributed by atoms with Gasteiger partial charge in [0.25, 0.3) is 0 Å². The highest BCUT2D eigenvalue weighted by molar-refractivity contribution is 5.85. The molecule has 0 spiro atoms. The standard InChI is InChI=1S/C28H33N5O2/c1-22(2)28(35)33(20-23-10-5-3-6-11-23)21-27(34)32-17-9-16-31(18-19-32)26-15-14-25(29-30-26)24-12-7-4-8-13-24/h3-8,10-15,22H,9,16-21H2,1-2H3. The van der Waals surface area contributed by atoms with Gasteiger partial charge in [0, 0.05) is 44.2 Å². The zero-order valence-electron chi connectivity index (χ0n) is 20.5. The summed E-state index contributed by atoms with van der Waals surface area (Å²) in [4.78, 5) is 31.8. The molecule has 1 aliphatic heterocycles. The molecular formula is C28H33N5O2. The summed E-state index contributed by atoms with van der Waals surface area (Å²) in [5.74, 6) is 0.637. The smallest absolute Gasteiger partial charge is 0.242 e. The summed E-state index contributed by atoms with van der Waals surface area (Å²) in [6, 6.07) is 23.8. The van der Waals surface area contributed by atoms with Crippen molar-refractivity contribution in [3.63, 3.8) is 0 Å². The van der Waals surface area contributed by atoms with E-state index in [1.54, 1.807) is 4.90 Å². The summed E-state index contributed by atoms with van der Waals surface area (Å²) in [5.41, 5.74) is 2.90. The lowest BCUT2D eigenvalue weighted by molar-refractivity contribution is -0.142. The van der Waals surface area contributed by atoms with Crippen molar-refractivity contribution in [2.75, 3.05) is 37.6 Å². The molecule has 7 heteroatoms. The molecule has 3 aromatic rings. The lowest BCUT2D eigenvalue weighted by Gasteiger charge is -2.28. The minimum Gasteiger partial charge on any atom is -0.353 e. The third-order valence-electron chi connectivity index (χ3n) is 6.24. The van der Waals surface area contributed by atoms with Gasteiger partial charge in [0.05, 0.1) is 5.69 Å². The van der Waals surface area contributed by atoms with Crippen LogP contribution in [0.2, 0.25) is 0 Å². The molecule has 0 N–H and O–H groups in total. The highest BCUT2D eigenvalue weighted by atomic mass is 16.2. The van der Waals surface area contributed by atoms with Crippen LogP contribution in [0, 0.1) is 5.92 Å². The van der Waals surface area contributed by atoms with E-state index in [1.165, 1.54) is 0 Å².